The van der Waals surface area contributed by atoms with Crippen molar-refractivity contribution in [3.8, 4) is 0 Å². The summed E-state index contributed by atoms with van der Waals surface area (Å²) in [5, 5.41) is 3.37. The molecule has 0 spiro atoms. The molecular formula is C20H30N4O. The van der Waals surface area contributed by atoms with Crippen LogP contribution in [-0.2, 0) is 31.5 Å². The first-order valence-corrected chi connectivity index (χ1v) is 8.89. The van der Waals surface area contributed by atoms with Gasteiger partial charge in [-0.2, -0.15) is 0 Å². The lowest BCUT2D eigenvalue weighted by atomic mass is 10.1. The number of rotatable bonds is 8. The van der Waals surface area contributed by atoms with Crippen LogP contribution in [0.1, 0.15) is 30.7 Å². The minimum atomic E-state index is 0.661. The number of ether oxygens (including phenoxy) is 1. The van der Waals surface area contributed by atoms with Crippen molar-refractivity contribution in [2.45, 2.75) is 33.5 Å². The Morgan fingerprint density at radius 2 is 1.88 bits per heavy atom. The summed E-state index contributed by atoms with van der Waals surface area (Å²) in [7, 11) is 4.14. The van der Waals surface area contributed by atoms with E-state index in [4.69, 9.17) is 9.73 Å². The molecule has 0 bridgehead atoms. The molecule has 0 aliphatic rings. The Morgan fingerprint density at radius 3 is 2.48 bits per heavy atom. The first kappa shape index (κ1) is 19.1. The number of nitrogens with one attached hydrogen (secondary N) is 1. The van der Waals surface area contributed by atoms with Crippen LogP contribution in [0, 0.1) is 0 Å². The van der Waals surface area contributed by atoms with Crippen molar-refractivity contribution in [3.63, 3.8) is 0 Å². The third-order valence-electron chi connectivity index (χ3n) is 4.05. The number of benzene rings is 1. The predicted octanol–water partition coefficient (Wildman–Crippen LogP) is 3.16. The smallest absolute Gasteiger partial charge is 0.194 e. The maximum Gasteiger partial charge on any atom is 0.194 e. The van der Waals surface area contributed by atoms with Crippen molar-refractivity contribution >= 4 is 5.96 Å². The summed E-state index contributed by atoms with van der Waals surface area (Å²) in [6.45, 7) is 7.85. The van der Waals surface area contributed by atoms with E-state index in [1.54, 1.807) is 0 Å². The first-order chi connectivity index (χ1) is 12.1. The SMILES string of the molecule is CCNC(=NCc1ccc(COCC)cc1)N(C)Cc1cccn1C. The van der Waals surface area contributed by atoms with E-state index in [1.165, 1.54) is 16.8 Å². The van der Waals surface area contributed by atoms with Gasteiger partial charge in [-0.05, 0) is 37.1 Å². The Balaban J connectivity index is 1.99. The van der Waals surface area contributed by atoms with Gasteiger partial charge in [-0.15, -0.1) is 0 Å². The molecule has 0 radical (unpaired) electrons. The number of hydrogen-bond donors (Lipinski definition) is 1. The average molecular weight is 342 g/mol. The van der Waals surface area contributed by atoms with Crippen molar-refractivity contribution in [3.05, 3.63) is 59.4 Å². The van der Waals surface area contributed by atoms with Crippen LogP contribution in [0.25, 0.3) is 0 Å². The Kier molecular flexibility index (Phi) is 7.54. The number of nitrogens with zero attached hydrogens (tertiary/aromatic N) is 3. The highest BCUT2D eigenvalue weighted by molar-refractivity contribution is 5.79. The maximum atomic E-state index is 5.43. The fraction of sp³-hybridized carbons (Fsp3) is 0.450. The quantitative estimate of drug-likeness (QED) is 0.592. The van der Waals surface area contributed by atoms with Gasteiger partial charge in [0.15, 0.2) is 5.96 Å². The molecule has 0 aliphatic carbocycles. The number of guanidine groups is 1. The van der Waals surface area contributed by atoms with E-state index in [0.29, 0.717) is 13.2 Å². The molecule has 5 nitrogen and oxygen atoms in total. The molecule has 0 atom stereocenters. The summed E-state index contributed by atoms with van der Waals surface area (Å²) >= 11 is 0. The Morgan fingerprint density at radius 1 is 1.16 bits per heavy atom. The summed E-state index contributed by atoms with van der Waals surface area (Å²) in [4.78, 5) is 6.93. The third-order valence-corrected chi connectivity index (χ3v) is 4.05. The molecule has 0 saturated heterocycles. The van der Waals surface area contributed by atoms with Crippen LogP contribution < -0.4 is 5.32 Å². The molecule has 2 aromatic rings. The van der Waals surface area contributed by atoms with E-state index in [1.807, 2.05) is 6.92 Å². The topological polar surface area (TPSA) is 41.8 Å². The van der Waals surface area contributed by atoms with Gasteiger partial charge >= 0.3 is 0 Å². The standard InChI is InChI=1S/C20H30N4O/c1-5-21-20(24(4)15-19-8-7-13-23(19)3)22-14-17-9-11-18(12-10-17)16-25-6-2/h7-13H,5-6,14-16H2,1-4H3,(H,21,22). The van der Waals surface area contributed by atoms with Gasteiger partial charge in [0.05, 0.1) is 19.7 Å². The predicted molar refractivity (Wildman–Crippen MR) is 103 cm³/mol. The molecule has 0 aliphatic heterocycles. The lowest BCUT2D eigenvalue weighted by Gasteiger charge is -2.22. The molecule has 2 rings (SSSR count). The summed E-state index contributed by atoms with van der Waals surface area (Å²) in [5.41, 5.74) is 3.65. The minimum absolute atomic E-state index is 0.661. The van der Waals surface area contributed by atoms with Gasteiger partial charge in [0.25, 0.3) is 0 Å². The van der Waals surface area contributed by atoms with E-state index in [2.05, 4.69) is 78.4 Å². The molecule has 0 unspecified atom stereocenters. The summed E-state index contributed by atoms with van der Waals surface area (Å²) in [6, 6.07) is 12.7. The zero-order valence-electron chi connectivity index (χ0n) is 15.8. The van der Waals surface area contributed by atoms with Crippen molar-refractivity contribution in [1.82, 2.24) is 14.8 Å². The Bertz CT molecular complexity index is 661. The summed E-state index contributed by atoms with van der Waals surface area (Å²) < 4.78 is 7.57. The highest BCUT2D eigenvalue weighted by atomic mass is 16.5. The van der Waals surface area contributed by atoms with Crippen LogP contribution in [0.2, 0.25) is 0 Å². The molecule has 1 aromatic carbocycles. The van der Waals surface area contributed by atoms with Crippen molar-refractivity contribution in [2.24, 2.45) is 12.0 Å². The second-order valence-electron chi connectivity index (χ2n) is 6.09. The van der Waals surface area contributed by atoms with Crippen LogP contribution in [0.3, 0.4) is 0 Å². The summed E-state index contributed by atoms with van der Waals surface area (Å²) in [5.74, 6) is 0.919. The van der Waals surface area contributed by atoms with Crippen molar-refractivity contribution < 1.29 is 4.74 Å². The van der Waals surface area contributed by atoms with E-state index >= 15 is 0 Å². The van der Waals surface area contributed by atoms with E-state index in [9.17, 15) is 0 Å². The molecule has 136 valence electrons. The van der Waals surface area contributed by atoms with Crippen LogP contribution >= 0.6 is 0 Å². The highest BCUT2D eigenvalue weighted by Gasteiger charge is 2.08. The lowest BCUT2D eigenvalue weighted by molar-refractivity contribution is 0.134. The van der Waals surface area contributed by atoms with Gasteiger partial charge in [-0.25, -0.2) is 4.99 Å². The molecule has 5 heteroatoms. The molecular weight excluding hydrogens is 312 g/mol. The van der Waals surface area contributed by atoms with Gasteiger partial charge in [0.1, 0.15) is 0 Å². The third kappa shape index (κ3) is 5.94. The second-order valence-corrected chi connectivity index (χ2v) is 6.09. The molecule has 0 amide bonds. The van der Waals surface area contributed by atoms with E-state index in [-0.39, 0.29) is 0 Å². The number of aryl methyl sites for hydroxylation is 1. The molecule has 0 saturated carbocycles. The maximum absolute atomic E-state index is 5.43. The van der Waals surface area contributed by atoms with Gasteiger partial charge in [0, 0.05) is 39.1 Å². The highest BCUT2D eigenvalue weighted by Crippen LogP contribution is 2.08. The minimum Gasteiger partial charge on any atom is -0.377 e. The van der Waals surface area contributed by atoms with Crippen LogP contribution in [-0.4, -0.2) is 35.6 Å². The first-order valence-electron chi connectivity index (χ1n) is 8.89. The fourth-order valence-corrected chi connectivity index (χ4v) is 2.58. The normalized spacial score (nSPS) is 11.6. The Hall–Kier alpha value is -2.27. The molecule has 25 heavy (non-hydrogen) atoms. The lowest BCUT2D eigenvalue weighted by Crippen LogP contribution is -2.38. The Labute approximate surface area is 151 Å². The van der Waals surface area contributed by atoms with E-state index < -0.39 is 0 Å². The van der Waals surface area contributed by atoms with Crippen molar-refractivity contribution in [2.75, 3.05) is 20.2 Å². The largest absolute Gasteiger partial charge is 0.377 e. The van der Waals surface area contributed by atoms with Gasteiger partial charge in [0.2, 0.25) is 0 Å². The second kappa shape index (κ2) is 9.89. The number of hydrogen-bond acceptors (Lipinski definition) is 2. The van der Waals surface area contributed by atoms with Crippen molar-refractivity contribution in [1.29, 1.82) is 0 Å². The molecule has 1 aromatic heterocycles. The number of aliphatic imine (C=N–C) groups is 1. The molecule has 1 N–H and O–H groups in total. The summed E-state index contributed by atoms with van der Waals surface area (Å²) in [6.07, 6.45) is 2.07. The fourth-order valence-electron chi connectivity index (χ4n) is 2.58. The van der Waals surface area contributed by atoms with Gasteiger partial charge < -0.3 is 19.5 Å². The number of aromatic nitrogens is 1. The zero-order valence-corrected chi connectivity index (χ0v) is 15.8. The molecule has 1 heterocycles. The van der Waals surface area contributed by atoms with Crippen LogP contribution in [0.5, 0.6) is 0 Å². The van der Waals surface area contributed by atoms with Crippen LogP contribution in [0.4, 0.5) is 0 Å². The molecule has 0 fully saturated rings. The van der Waals surface area contributed by atoms with Gasteiger partial charge in [-0.3, -0.25) is 0 Å². The zero-order chi connectivity index (χ0) is 18.1. The van der Waals surface area contributed by atoms with E-state index in [0.717, 1.165) is 25.7 Å². The van der Waals surface area contributed by atoms with Crippen LogP contribution in [0.15, 0.2) is 47.6 Å². The van der Waals surface area contributed by atoms with Gasteiger partial charge in [-0.1, -0.05) is 24.3 Å². The average Bonchev–Trinajstić information content (AvgIpc) is 3.02. The monoisotopic (exact) mass is 342 g/mol.